The third-order valence-electron chi connectivity index (χ3n) is 11.8. The number of rotatable bonds is 5. The van der Waals surface area contributed by atoms with Gasteiger partial charge >= 0.3 is 0 Å². The van der Waals surface area contributed by atoms with Crippen LogP contribution in [0.1, 0.15) is 36.0 Å². The minimum absolute atomic E-state index is 0.265. The van der Waals surface area contributed by atoms with Crippen LogP contribution in [0.4, 0.5) is 0 Å². The number of allylic oxidation sites excluding steroid dienone is 10. The third kappa shape index (κ3) is 5.36. The highest BCUT2D eigenvalue weighted by Crippen LogP contribution is 2.54. The Bertz CT molecular complexity index is 2980. The maximum Gasteiger partial charge on any atom is 0.145 e. The highest BCUT2D eigenvalue weighted by Gasteiger charge is 2.35. The van der Waals surface area contributed by atoms with Crippen LogP contribution < -0.4 is 0 Å². The molecule has 7 aromatic carbocycles. The van der Waals surface area contributed by atoms with E-state index in [-0.39, 0.29) is 5.92 Å². The normalized spacial score (nSPS) is 16.7. The monoisotopic (exact) mass is 702 g/mol. The first-order valence-electron chi connectivity index (χ1n) is 19.5. The van der Waals surface area contributed by atoms with Crippen LogP contribution in [0, 0.1) is 5.92 Å². The summed E-state index contributed by atoms with van der Waals surface area (Å²) >= 11 is 0. The highest BCUT2D eigenvalue weighted by atomic mass is 15.1. The topological polar surface area (TPSA) is 17.8 Å². The van der Waals surface area contributed by atoms with Gasteiger partial charge in [-0.15, -0.1) is 0 Å². The van der Waals surface area contributed by atoms with Gasteiger partial charge in [0.15, 0.2) is 0 Å². The summed E-state index contributed by atoms with van der Waals surface area (Å²) < 4.78 is 2.27. The van der Waals surface area contributed by atoms with E-state index in [4.69, 9.17) is 4.98 Å². The van der Waals surface area contributed by atoms with E-state index in [1.54, 1.807) is 0 Å². The second kappa shape index (κ2) is 13.0. The number of fused-ring (bicyclic) bond motifs is 5. The van der Waals surface area contributed by atoms with Gasteiger partial charge in [-0.25, -0.2) is 4.98 Å². The number of nitrogens with zero attached hydrogens (tertiary/aromatic N) is 2. The molecule has 3 aliphatic carbocycles. The molecule has 3 aliphatic rings. The molecule has 1 atom stereocenters. The maximum absolute atomic E-state index is 5.13. The van der Waals surface area contributed by atoms with Gasteiger partial charge in [0.05, 0.1) is 11.0 Å². The molecule has 0 saturated heterocycles. The quantitative estimate of drug-likeness (QED) is 0.175. The van der Waals surface area contributed by atoms with Crippen molar-refractivity contribution in [2.45, 2.75) is 19.3 Å². The molecule has 1 aromatic heterocycles. The number of aromatic nitrogens is 2. The number of para-hydroxylation sites is 3. The van der Waals surface area contributed by atoms with Crippen LogP contribution in [0.15, 0.2) is 205 Å². The van der Waals surface area contributed by atoms with Crippen molar-refractivity contribution in [3.63, 3.8) is 0 Å². The third-order valence-corrected chi connectivity index (χ3v) is 11.8. The molecule has 1 heterocycles. The van der Waals surface area contributed by atoms with Crippen molar-refractivity contribution in [1.29, 1.82) is 0 Å². The highest BCUT2D eigenvalue weighted by molar-refractivity contribution is 6.02. The fourth-order valence-corrected chi connectivity index (χ4v) is 9.23. The van der Waals surface area contributed by atoms with Crippen LogP contribution in [0.2, 0.25) is 0 Å². The molecule has 260 valence electrons. The Morgan fingerprint density at radius 1 is 0.564 bits per heavy atom. The molecule has 8 aromatic rings. The Morgan fingerprint density at radius 3 is 1.98 bits per heavy atom. The van der Waals surface area contributed by atoms with Crippen LogP contribution >= 0.6 is 0 Å². The van der Waals surface area contributed by atoms with Gasteiger partial charge < -0.3 is 0 Å². The lowest BCUT2D eigenvalue weighted by Crippen LogP contribution is -2.20. The van der Waals surface area contributed by atoms with Gasteiger partial charge in [0, 0.05) is 17.2 Å². The van der Waals surface area contributed by atoms with Gasteiger partial charge in [0.25, 0.3) is 0 Å². The summed E-state index contributed by atoms with van der Waals surface area (Å²) in [7, 11) is 0. The number of benzene rings is 7. The minimum atomic E-state index is 0.265. The smallest absolute Gasteiger partial charge is 0.145 e. The van der Waals surface area contributed by atoms with E-state index in [9.17, 15) is 0 Å². The van der Waals surface area contributed by atoms with Crippen molar-refractivity contribution in [3.8, 4) is 17.1 Å². The van der Waals surface area contributed by atoms with Gasteiger partial charge in [0.2, 0.25) is 0 Å². The summed E-state index contributed by atoms with van der Waals surface area (Å²) in [6.07, 6.45) is 12.8. The zero-order chi connectivity index (χ0) is 36.3. The van der Waals surface area contributed by atoms with Crippen molar-refractivity contribution >= 4 is 49.3 Å². The van der Waals surface area contributed by atoms with Gasteiger partial charge in [-0.1, -0.05) is 152 Å². The van der Waals surface area contributed by atoms with Crippen LogP contribution in [0.3, 0.4) is 0 Å². The van der Waals surface area contributed by atoms with Gasteiger partial charge in [0.1, 0.15) is 5.82 Å². The lowest BCUT2D eigenvalue weighted by atomic mass is 9.66. The largest absolute Gasteiger partial charge is 0.292 e. The van der Waals surface area contributed by atoms with E-state index in [0.29, 0.717) is 0 Å². The summed E-state index contributed by atoms with van der Waals surface area (Å²) in [5.41, 5.74) is 16.6. The van der Waals surface area contributed by atoms with Crippen molar-refractivity contribution in [3.05, 3.63) is 222 Å². The molecule has 0 spiro atoms. The summed E-state index contributed by atoms with van der Waals surface area (Å²) in [6.45, 7) is 0. The summed E-state index contributed by atoms with van der Waals surface area (Å²) in [4.78, 5) is 5.13. The average molecular weight is 703 g/mol. The second-order valence-corrected chi connectivity index (χ2v) is 15.0. The Labute approximate surface area is 321 Å². The molecule has 0 N–H and O–H groups in total. The number of hydrogen-bond acceptors (Lipinski definition) is 1. The molecule has 11 rings (SSSR count). The van der Waals surface area contributed by atoms with E-state index in [2.05, 4.69) is 193 Å². The molecular weight excluding hydrogens is 665 g/mol. The van der Waals surface area contributed by atoms with Gasteiger partial charge in [-0.3, -0.25) is 4.57 Å². The Balaban J connectivity index is 1.06. The van der Waals surface area contributed by atoms with Crippen LogP contribution in [0.25, 0.3) is 66.4 Å². The molecule has 0 aliphatic heterocycles. The molecular formula is C53H38N2. The van der Waals surface area contributed by atoms with Crippen molar-refractivity contribution in [1.82, 2.24) is 9.55 Å². The zero-order valence-electron chi connectivity index (χ0n) is 30.5. The minimum Gasteiger partial charge on any atom is -0.292 e. The zero-order valence-corrected chi connectivity index (χ0v) is 30.5. The van der Waals surface area contributed by atoms with E-state index < -0.39 is 0 Å². The van der Waals surface area contributed by atoms with Crippen molar-refractivity contribution in [2.75, 3.05) is 0 Å². The van der Waals surface area contributed by atoms with Gasteiger partial charge in [-0.05, 0) is 127 Å². The molecule has 2 heteroatoms. The molecule has 55 heavy (non-hydrogen) atoms. The predicted octanol–water partition coefficient (Wildman–Crippen LogP) is 13.6. The first kappa shape index (κ1) is 31.7. The molecule has 1 unspecified atom stereocenters. The summed E-state index contributed by atoms with van der Waals surface area (Å²) in [5, 5.41) is 5.13. The Kier molecular flexibility index (Phi) is 7.48. The van der Waals surface area contributed by atoms with E-state index in [1.807, 2.05) is 0 Å². The van der Waals surface area contributed by atoms with Crippen LogP contribution in [-0.2, 0) is 0 Å². The molecule has 0 amide bonds. The molecule has 0 radical (unpaired) electrons. The lowest BCUT2D eigenvalue weighted by molar-refractivity contribution is 0.787. The van der Waals surface area contributed by atoms with Crippen LogP contribution in [0.5, 0.6) is 0 Å². The Morgan fingerprint density at radius 2 is 1.20 bits per heavy atom. The van der Waals surface area contributed by atoms with E-state index in [0.717, 1.165) is 47.4 Å². The fraction of sp³-hybridized carbons (Fsp3) is 0.0755. The number of imidazole rings is 1. The van der Waals surface area contributed by atoms with Crippen LogP contribution in [-0.4, -0.2) is 9.55 Å². The SMILES string of the molecule is C1=CC2=C(c3ccc4ccccc4c3)C3=CC(c4ccc(-c5nc6ccccc6n5-c5ccccc5)cc4)=CCC3C(c3ccc4ccccc4c3)=C2CC1. The van der Waals surface area contributed by atoms with Gasteiger partial charge in [-0.2, -0.15) is 0 Å². The fourth-order valence-electron chi connectivity index (χ4n) is 9.23. The van der Waals surface area contributed by atoms with E-state index in [1.165, 1.54) is 71.7 Å². The van der Waals surface area contributed by atoms with E-state index >= 15 is 0 Å². The second-order valence-electron chi connectivity index (χ2n) is 15.0. The molecule has 2 nitrogen and oxygen atoms in total. The summed E-state index contributed by atoms with van der Waals surface area (Å²) in [6, 6.07) is 59.6. The summed E-state index contributed by atoms with van der Waals surface area (Å²) in [5.74, 6) is 1.22. The predicted molar refractivity (Wildman–Crippen MR) is 231 cm³/mol. The lowest BCUT2D eigenvalue weighted by Gasteiger charge is -2.38. The molecule has 0 fully saturated rings. The number of hydrogen-bond donors (Lipinski definition) is 0. The maximum atomic E-state index is 5.13. The molecule has 0 bridgehead atoms. The first-order valence-corrected chi connectivity index (χ1v) is 19.5. The molecule has 0 saturated carbocycles. The standard InChI is InChI=1S/C53H38N2/c1-2-16-44(17-3-1)55-50-21-11-10-20-49(50)54-53(55)38-26-22-37(23-27-38)41-30-31-47-48(34-41)52(43-29-25-36-13-5-7-15-40(36)33-43)46-19-9-8-18-45(46)51(47)42-28-24-35-12-4-6-14-39(35)32-42/h1-7,9-17,19-30,32-34,47H,8,18,31H2. The van der Waals surface area contributed by atoms with Crippen molar-refractivity contribution < 1.29 is 0 Å². The Hall–Kier alpha value is -6.77. The first-order chi connectivity index (χ1) is 27.3. The van der Waals surface area contributed by atoms with Crippen molar-refractivity contribution in [2.24, 2.45) is 5.92 Å². The average Bonchev–Trinajstić information content (AvgIpc) is 3.65.